The summed E-state index contributed by atoms with van der Waals surface area (Å²) in [6.45, 7) is 7.97. The van der Waals surface area contributed by atoms with Gasteiger partial charge in [-0.15, -0.1) is 0 Å². The molecule has 2 aromatic rings. The predicted molar refractivity (Wildman–Crippen MR) is 109 cm³/mol. The highest BCUT2D eigenvalue weighted by Crippen LogP contribution is 2.16. The van der Waals surface area contributed by atoms with E-state index in [-0.39, 0.29) is 18.3 Å². The van der Waals surface area contributed by atoms with Crippen LogP contribution < -0.4 is 5.32 Å². The number of carbonyl (C=O) groups is 3. The number of amides is 1. The number of nitrogens with one attached hydrogen (secondary N) is 1. The number of ketones is 1. The third-order valence-corrected chi connectivity index (χ3v) is 4.72. The zero-order chi connectivity index (χ0) is 21.6. The lowest BCUT2D eigenvalue weighted by atomic mass is 10.1. The molecule has 0 unspecified atom stereocenters. The van der Waals surface area contributed by atoms with E-state index in [9.17, 15) is 14.4 Å². The SMILES string of the molecule is COCCn1c(C)cc(C(=O)COC(=O)[C@H](C)NC(=O)c2cccc(C)c2)c1C. The summed E-state index contributed by atoms with van der Waals surface area (Å²) in [7, 11) is 1.62. The van der Waals surface area contributed by atoms with Gasteiger partial charge >= 0.3 is 5.97 Å². The third kappa shape index (κ3) is 5.77. The number of Topliss-reactive ketones (excluding diaryl/α,β-unsaturated/α-hetero) is 1. The molecule has 0 aliphatic rings. The fourth-order valence-electron chi connectivity index (χ4n) is 3.07. The maximum absolute atomic E-state index is 12.5. The van der Waals surface area contributed by atoms with E-state index < -0.39 is 12.0 Å². The maximum Gasteiger partial charge on any atom is 0.328 e. The van der Waals surface area contributed by atoms with Gasteiger partial charge in [-0.3, -0.25) is 9.59 Å². The van der Waals surface area contributed by atoms with Crippen LogP contribution in [0.3, 0.4) is 0 Å². The quantitative estimate of drug-likeness (QED) is 0.516. The van der Waals surface area contributed by atoms with Gasteiger partial charge in [0.15, 0.2) is 6.61 Å². The summed E-state index contributed by atoms with van der Waals surface area (Å²) in [5.41, 5.74) is 3.67. The van der Waals surface area contributed by atoms with E-state index in [0.29, 0.717) is 24.3 Å². The summed E-state index contributed by atoms with van der Waals surface area (Å²) in [6, 6.07) is 7.97. The Morgan fingerprint density at radius 3 is 2.52 bits per heavy atom. The van der Waals surface area contributed by atoms with Crippen LogP contribution in [0.5, 0.6) is 0 Å². The van der Waals surface area contributed by atoms with Crippen molar-refractivity contribution in [1.82, 2.24) is 9.88 Å². The molecule has 29 heavy (non-hydrogen) atoms. The van der Waals surface area contributed by atoms with E-state index in [1.807, 2.05) is 31.4 Å². The smallest absolute Gasteiger partial charge is 0.328 e. The van der Waals surface area contributed by atoms with Gasteiger partial charge in [0, 0.05) is 36.2 Å². The number of nitrogens with zero attached hydrogens (tertiary/aromatic N) is 1. The fraction of sp³-hybridized carbons (Fsp3) is 0.409. The summed E-state index contributed by atoms with van der Waals surface area (Å²) in [5, 5.41) is 2.59. The molecule has 1 heterocycles. The molecule has 7 heteroatoms. The number of hydrogen-bond donors (Lipinski definition) is 1. The number of ether oxygens (including phenoxy) is 2. The van der Waals surface area contributed by atoms with Gasteiger partial charge in [0.2, 0.25) is 5.78 Å². The summed E-state index contributed by atoms with van der Waals surface area (Å²) in [6.07, 6.45) is 0. The maximum atomic E-state index is 12.5. The van der Waals surface area contributed by atoms with Crippen molar-refractivity contribution in [1.29, 1.82) is 0 Å². The Kier molecular flexibility index (Phi) is 7.73. The minimum absolute atomic E-state index is 0.285. The molecule has 0 saturated heterocycles. The Morgan fingerprint density at radius 2 is 1.86 bits per heavy atom. The molecule has 2 rings (SSSR count). The van der Waals surface area contributed by atoms with Crippen LogP contribution in [0.15, 0.2) is 30.3 Å². The second kappa shape index (κ2) is 10.0. The van der Waals surface area contributed by atoms with Crippen molar-refractivity contribution in [2.75, 3.05) is 20.3 Å². The monoisotopic (exact) mass is 400 g/mol. The van der Waals surface area contributed by atoms with E-state index >= 15 is 0 Å². The molecule has 1 N–H and O–H groups in total. The number of carbonyl (C=O) groups excluding carboxylic acids is 3. The zero-order valence-corrected chi connectivity index (χ0v) is 17.6. The van der Waals surface area contributed by atoms with Gasteiger partial charge in [-0.25, -0.2) is 4.79 Å². The zero-order valence-electron chi connectivity index (χ0n) is 17.6. The molecule has 1 aromatic heterocycles. The topological polar surface area (TPSA) is 86.6 Å². The minimum atomic E-state index is -0.870. The summed E-state index contributed by atoms with van der Waals surface area (Å²) >= 11 is 0. The molecular formula is C22H28N2O5. The first-order valence-electron chi connectivity index (χ1n) is 9.47. The molecule has 7 nitrogen and oxygen atoms in total. The lowest BCUT2D eigenvalue weighted by Gasteiger charge is -2.13. The van der Waals surface area contributed by atoms with Crippen molar-refractivity contribution >= 4 is 17.7 Å². The van der Waals surface area contributed by atoms with Gasteiger partial charge in [-0.05, 0) is 45.9 Å². The third-order valence-electron chi connectivity index (χ3n) is 4.72. The molecule has 0 aliphatic heterocycles. The standard InChI is InChI=1S/C22H28N2O5/c1-14-7-6-8-18(11-14)21(26)23-16(3)22(27)29-13-20(25)19-12-15(2)24(17(19)4)9-10-28-5/h6-8,11-12,16H,9-10,13H2,1-5H3,(H,23,26)/t16-/m0/s1. The lowest BCUT2D eigenvalue weighted by Crippen LogP contribution is -2.40. The molecule has 1 amide bonds. The molecule has 1 atom stereocenters. The van der Waals surface area contributed by atoms with Crippen LogP contribution in [0.4, 0.5) is 0 Å². The molecule has 0 bridgehead atoms. The highest BCUT2D eigenvalue weighted by molar-refractivity contribution is 6.00. The van der Waals surface area contributed by atoms with E-state index in [4.69, 9.17) is 9.47 Å². The first kappa shape index (κ1) is 22.4. The lowest BCUT2D eigenvalue weighted by molar-refractivity contribution is -0.144. The molecular weight excluding hydrogens is 372 g/mol. The Balaban J connectivity index is 1.92. The number of aromatic nitrogens is 1. The number of rotatable bonds is 9. The first-order valence-corrected chi connectivity index (χ1v) is 9.47. The van der Waals surface area contributed by atoms with E-state index in [2.05, 4.69) is 5.32 Å². The number of benzene rings is 1. The van der Waals surface area contributed by atoms with Crippen LogP contribution >= 0.6 is 0 Å². The second-order valence-electron chi connectivity index (χ2n) is 7.02. The average molecular weight is 400 g/mol. The van der Waals surface area contributed by atoms with Gasteiger partial charge in [0.25, 0.3) is 5.91 Å². The summed E-state index contributed by atoms with van der Waals surface area (Å²) in [5.74, 6) is -1.31. The van der Waals surface area contributed by atoms with E-state index in [0.717, 1.165) is 17.0 Å². The van der Waals surface area contributed by atoms with Crippen LogP contribution in [0.25, 0.3) is 0 Å². The molecule has 156 valence electrons. The van der Waals surface area contributed by atoms with Crippen molar-refractivity contribution < 1.29 is 23.9 Å². The van der Waals surface area contributed by atoms with Crippen LogP contribution in [0.1, 0.15) is 44.6 Å². The molecule has 0 radical (unpaired) electrons. The normalized spacial score (nSPS) is 11.8. The molecule has 0 saturated carbocycles. The molecule has 0 fully saturated rings. The van der Waals surface area contributed by atoms with Crippen molar-refractivity contribution in [3.63, 3.8) is 0 Å². The minimum Gasteiger partial charge on any atom is -0.456 e. The van der Waals surface area contributed by atoms with E-state index in [1.54, 1.807) is 31.4 Å². The van der Waals surface area contributed by atoms with Crippen LogP contribution in [0.2, 0.25) is 0 Å². The Morgan fingerprint density at radius 1 is 1.14 bits per heavy atom. The van der Waals surface area contributed by atoms with Crippen molar-refractivity contribution in [3.8, 4) is 0 Å². The predicted octanol–water partition coefficient (Wildman–Crippen LogP) is 2.60. The largest absolute Gasteiger partial charge is 0.456 e. The first-order chi connectivity index (χ1) is 13.7. The number of methoxy groups -OCH3 is 1. The van der Waals surface area contributed by atoms with Crippen LogP contribution in [0, 0.1) is 20.8 Å². The number of esters is 1. The Labute approximate surface area is 171 Å². The summed E-state index contributed by atoms with van der Waals surface area (Å²) in [4.78, 5) is 36.9. The van der Waals surface area contributed by atoms with Gasteiger partial charge < -0.3 is 19.4 Å². The summed E-state index contributed by atoms with van der Waals surface area (Å²) < 4.78 is 12.2. The van der Waals surface area contributed by atoms with Crippen molar-refractivity contribution in [2.45, 2.75) is 40.3 Å². The average Bonchev–Trinajstić information content (AvgIpc) is 2.97. The molecule has 1 aromatic carbocycles. The number of hydrogen-bond acceptors (Lipinski definition) is 5. The molecule has 0 aliphatic carbocycles. The Hall–Kier alpha value is -2.93. The van der Waals surface area contributed by atoms with E-state index in [1.165, 1.54) is 6.92 Å². The van der Waals surface area contributed by atoms with Crippen molar-refractivity contribution in [2.24, 2.45) is 0 Å². The second-order valence-corrected chi connectivity index (χ2v) is 7.02. The van der Waals surface area contributed by atoms with Gasteiger partial charge in [0.05, 0.1) is 6.61 Å². The fourth-order valence-corrected chi connectivity index (χ4v) is 3.07. The molecule has 0 spiro atoms. The van der Waals surface area contributed by atoms with Crippen LogP contribution in [-0.2, 0) is 20.8 Å². The van der Waals surface area contributed by atoms with Gasteiger partial charge in [-0.1, -0.05) is 17.7 Å². The highest BCUT2D eigenvalue weighted by atomic mass is 16.5. The van der Waals surface area contributed by atoms with Crippen molar-refractivity contribution in [3.05, 3.63) is 58.4 Å². The van der Waals surface area contributed by atoms with Gasteiger partial charge in [-0.2, -0.15) is 0 Å². The highest BCUT2D eigenvalue weighted by Gasteiger charge is 2.21. The Bertz CT molecular complexity index is 901. The number of aryl methyl sites for hydroxylation is 2. The van der Waals surface area contributed by atoms with Gasteiger partial charge in [0.1, 0.15) is 6.04 Å². The van der Waals surface area contributed by atoms with Crippen LogP contribution in [-0.4, -0.2) is 48.6 Å².